The zero-order valence-corrected chi connectivity index (χ0v) is 18.6. The molecule has 2 saturated heterocycles. The second kappa shape index (κ2) is 8.63. The van der Waals surface area contributed by atoms with Crippen LogP contribution in [0.15, 0.2) is 28.8 Å². The second-order valence-electron chi connectivity index (χ2n) is 8.91. The number of rotatable bonds is 5. The smallest absolute Gasteiger partial charge is 0.275 e. The average molecular weight is 440 g/mol. The minimum Gasteiger partial charge on any atom is -0.377 e. The molecule has 0 saturated carbocycles. The Kier molecular flexibility index (Phi) is 5.69. The predicted molar refractivity (Wildman–Crippen MR) is 116 cm³/mol. The summed E-state index contributed by atoms with van der Waals surface area (Å²) < 4.78 is 18.5. The van der Waals surface area contributed by atoms with Crippen LogP contribution >= 0.6 is 0 Å². The van der Waals surface area contributed by atoms with Crippen molar-refractivity contribution in [1.29, 1.82) is 0 Å². The van der Waals surface area contributed by atoms with E-state index in [-0.39, 0.29) is 11.5 Å². The van der Waals surface area contributed by atoms with E-state index in [2.05, 4.69) is 15.2 Å². The van der Waals surface area contributed by atoms with Crippen molar-refractivity contribution in [2.75, 3.05) is 26.8 Å². The van der Waals surface area contributed by atoms with Gasteiger partial charge in [0.1, 0.15) is 6.61 Å². The van der Waals surface area contributed by atoms with Gasteiger partial charge in [0.05, 0.1) is 11.1 Å². The third kappa shape index (κ3) is 4.02. The minimum atomic E-state index is -0.179. The summed E-state index contributed by atoms with van der Waals surface area (Å²) in [6.45, 7) is 2.43. The lowest BCUT2D eigenvalue weighted by molar-refractivity contribution is -0.124. The first-order valence-electron chi connectivity index (χ1n) is 11.2. The number of hydrogen-bond acceptors (Lipinski definition) is 7. The summed E-state index contributed by atoms with van der Waals surface area (Å²) in [4.78, 5) is 19.6. The van der Waals surface area contributed by atoms with Gasteiger partial charge in [0.15, 0.2) is 11.5 Å². The molecule has 32 heavy (non-hydrogen) atoms. The van der Waals surface area contributed by atoms with Crippen LogP contribution in [0.4, 0.5) is 0 Å². The summed E-state index contributed by atoms with van der Waals surface area (Å²) in [7, 11) is 3.49. The Balaban J connectivity index is 1.22. The van der Waals surface area contributed by atoms with Crippen LogP contribution in [0.25, 0.3) is 10.9 Å². The Morgan fingerprint density at radius 3 is 2.91 bits per heavy atom. The number of para-hydroxylation sites is 1. The molecule has 0 aliphatic carbocycles. The highest BCUT2D eigenvalue weighted by molar-refractivity contribution is 6.04. The number of carbonyl (C=O) groups is 1. The van der Waals surface area contributed by atoms with Gasteiger partial charge in [-0.05, 0) is 37.7 Å². The van der Waals surface area contributed by atoms with Gasteiger partial charge in [-0.3, -0.25) is 9.48 Å². The number of piperidine rings is 1. The molecule has 1 atom stereocenters. The molecule has 0 N–H and O–H groups in total. The van der Waals surface area contributed by atoms with Crippen LogP contribution < -0.4 is 0 Å². The molecule has 2 aliphatic rings. The second-order valence-corrected chi connectivity index (χ2v) is 8.91. The summed E-state index contributed by atoms with van der Waals surface area (Å²) in [5.41, 5.74) is 1.32. The van der Waals surface area contributed by atoms with E-state index in [4.69, 9.17) is 14.0 Å². The van der Waals surface area contributed by atoms with Crippen molar-refractivity contribution in [3.8, 4) is 0 Å². The largest absolute Gasteiger partial charge is 0.377 e. The van der Waals surface area contributed by atoms with E-state index >= 15 is 0 Å². The maximum Gasteiger partial charge on any atom is 0.275 e. The van der Waals surface area contributed by atoms with Crippen molar-refractivity contribution in [2.24, 2.45) is 13.0 Å². The van der Waals surface area contributed by atoms with E-state index < -0.39 is 0 Å². The van der Waals surface area contributed by atoms with Gasteiger partial charge < -0.3 is 18.9 Å². The van der Waals surface area contributed by atoms with Crippen molar-refractivity contribution in [1.82, 2.24) is 24.8 Å². The topological polar surface area (TPSA) is 95.5 Å². The summed E-state index contributed by atoms with van der Waals surface area (Å²) in [6, 6.07) is 7.86. The standard InChI is InChI=1S/C23H29N5O4/c1-27-18-6-4-3-5-17(18)21(25-27)22(29)28-10-8-23(9-11-28)14-16(7-12-31-23)13-20-24-19(15-30-2)26-32-20/h3-6,16H,7-15H2,1-2H3. The highest BCUT2D eigenvalue weighted by atomic mass is 16.5. The number of benzene rings is 1. The highest BCUT2D eigenvalue weighted by Crippen LogP contribution is 2.39. The Hall–Kier alpha value is -2.78. The molecule has 4 heterocycles. The Labute approximate surface area is 186 Å². The zero-order valence-electron chi connectivity index (χ0n) is 18.6. The highest BCUT2D eigenvalue weighted by Gasteiger charge is 2.42. The van der Waals surface area contributed by atoms with Gasteiger partial charge in [0, 0.05) is 45.7 Å². The van der Waals surface area contributed by atoms with Crippen molar-refractivity contribution < 1.29 is 18.8 Å². The fourth-order valence-electron chi connectivity index (χ4n) is 5.10. The van der Waals surface area contributed by atoms with Crippen LogP contribution in [-0.2, 0) is 29.5 Å². The molecular weight excluding hydrogens is 410 g/mol. The number of amides is 1. The molecule has 1 aromatic carbocycles. The third-order valence-electron chi connectivity index (χ3n) is 6.76. The number of fused-ring (bicyclic) bond motifs is 1. The molecule has 2 fully saturated rings. The number of aromatic nitrogens is 4. The lowest BCUT2D eigenvalue weighted by atomic mass is 9.78. The predicted octanol–water partition coefficient (Wildman–Crippen LogP) is 2.75. The molecule has 2 aromatic heterocycles. The first-order chi connectivity index (χ1) is 15.6. The third-order valence-corrected chi connectivity index (χ3v) is 6.76. The summed E-state index contributed by atoms with van der Waals surface area (Å²) in [5.74, 6) is 1.68. The van der Waals surface area contributed by atoms with E-state index in [1.807, 2.05) is 36.2 Å². The van der Waals surface area contributed by atoms with Gasteiger partial charge in [0.2, 0.25) is 5.89 Å². The maximum absolute atomic E-state index is 13.2. The summed E-state index contributed by atoms with van der Waals surface area (Å²) in [5, 5.41) is 9.37. The van der Waals surface area contributed by atoms with Gasteiger partial charge in [-0.25, -0.2) is 0 Å². The van der Waals surface area contributed by atoms with Crippen LogP contribution in [0.5, 0.6) is 0 Å². The monoisotopic (exact) mass is 439 g/mol. The fraction of sp³-hybridized carbons (Fsp3) is 0.565. The average Bonchev–Trinajstić information content (AvgIpc) is 3.38. The van der Waals surface area contributed by atoms with Crippen LogP contribution in [0, 0.1) is 5.92 Å². The molecule has 9 heteroatoms. The lowest BCUT2D eigenvalue weighted by Gasteiger charge is -2.46. The van der Waals surface area contributed by atoms with Crippen LogP contribution in [0.3, 0.4) is 0 Å². The molecule has 9 nitrogen and oxygen atoms in total. The molecular formula is C23H29N5O4. The van der Waals surface area contributed by atoms with Crippen molar-refractivity contribution >= 4 is 16.8 Å². The van der Waals surface area contributed by atoms with E-state index in [0.29, 0.717) is 43.0 Å². The van der Waals surface area contributed by atoms with Crippen molar-refractivity contribution in [2.45, 2.75) is 44.3 Å². The number of aryl methyl sites for hydroxylation is 1. The van der Waals surface area contributed by atoms with E-state index in [0.717, 1.165) is 49.6 Å². The number of nitrogens with zero attached hydrogens (tertiary/aromatic N) is 5. The van der Waals surface area contributed by atoms with E-state index in [9.17, 15) is 4.79 Å². The van der Waals surface area contributed by atoms with Crippen LogP contribution in [0.1, 0.15) is 47.9 Å². The van der Waals surface area contributed by atoms with Gasteiger partial charge in [0.25, 0.3) is 5.91 Å². The Morgan fingerprint density at radius 1 is 1.28 bits per heavy atom. The van der Waals surface area contributed by atoms with Gasteiger partial charge >= 0.3 is 0 Å². The summed E-state index contributed by atoms with van der Waals surface area (Å²) in [6.07, 6.45) is 4.35. The molecule has 170 valence electrons. The molecule has 0 radical (unpaired) electrons. The van der Waals surface area contributed by atoms with Gasteiger partial charge in [-0.2, -0.15) is 10.1 Å². The quantitative estimate of drug-likeness (QED) is 0.603. The molecule has 1 unspecified atom stereocenters. The first kappa shape index (κ1) is 21.1. The molecule has 5 rings (SSSR count). The van der Waals surface area contributed by atoms with Crippen LogP contribution in [-0.4, -0.2) is 63.1 Å². The molecule has 1 spiro atoms. The number of hydrogen-bond donors (Lipinski definition) is 0. The van der Waals surface area contributed by atoms with E-state index in [1.54, 1.807) is 11.8 Å². The van der Waals surface area contributed by atoms with Gasteiger partial charge in [-0.15, -0.1) is 0 Å². The minimum absolute atomic E-state index is 0.000502. The van der Waals surface area contributed by atoms with Crippen molar-refractivity contribution in [3.05, 3.63) is 41.7 Å². The molecule has 3 aromatic rings. The lowest BCUT2D eigenvalue weighted by Crippen LogP contribution is -2.51. The number of methoxy groups -OCH3 is 1. The zero-order chi connectivity index (χ0) is 22.1. The SMILES string of the molecule is COCc1noc(CC2CCOC3(CCN(C(=O)c4nn(C)c5ccccc45)CC3)C2)n1. The van der Waals surface area contributed by atoms with Crippen molar-refractivity contribution in [3.63, 3.8) is 0 Å². The molecule has 2 aliphatic heterocycles. The van der Waals surface area contributed by atoms with Gasteiger partial charge in [-0.1, -0.05) is 23.4 Å². The number of carbonyl (C=O) groups excluding carboxylic acids is 1. The number of ether oxygens (including phenoxy) is 2. The molecule has 1 amide bonds. The fourth-order valence-corrected chi connectivity index (χ4v) is 5.10. The Bertz CT molecular complexity index is 1100. The molecule has 0 bridgehead atoms. The Morgan fingerprint density at radius 2 is 2.09 bits per heavy atom. The first-order valence-corrected chi connectivity index (χ1v) is 11.2. The van der Waals surface area contributed by atoms with Crippen LogP contribution in [0.2, 0.25) is 0 Å². The normalized spacial score (nSPS) is 20.8. The maximum atomic E-state index is 13.2. The number of likely N-dealkylation sites (tertiary alicyclic amines) is 1. The van der Waals surface area contributed by atoms with E-state index in [1.165, 1.54) is 0 Å². The summed E-state index contributed by atoms with van der Waals surface area (Å²) >= 11 is 0.